The van der Waals surface area contributed by atoms with Crippen LogP contribution >= 0.6 is 0 Å². The molecule has 1 amide bonds. The van der Waals surface area contributed by atoms with Crippen molar-refractivity contribution in [3.8, 4) is 0 Å². The second-order valence-electron chi connectivity index (χ2n) is 3.90. The fourth-order valence-electron chi connectivity index (χ4n) is 1.96. The molecule has 1 aliphatic rings. The van der Waals surface area contributed by atoms with E-state index in [1.54, 1.807) is 12.3 Å². The quantitative estimate of drug-likeness (QED) is 0.782. The second kappa shape index (κ2) is 4.49. The van der Waals surface area contributed by atoms with Crippen molar-refractivity contribution in [1.29, 1.82) is 0 Å². The topological polar surface area (TPSA) is 62.5 Å². The number of rotatable bonds is 3. The Kier molecular flexibility index (Phi) is 3.06. The third kappa shape index (κ3) is 2.39. The van der Waals surface area contributed by atoms with Crippen LogP contribution in [-0.2, 0) is 11.3 Å². The fraction of sp³-hybridized carbons (Fsp3) is 0.545. The highest BCUT2D eigenvalue weighted by molar-refractivity contribution is 5.79. The lowest BCUT2D eigenvalue weighted by atomic mass is 10.1. The summed E-state index contributed by atoms with van der Waals surface area (Å²) < 4.78 is 5.10. The van der Waals surface area contributed by atoms with E-state index in [1.165, 1.54) is 0 Å². The van der Waals surface area contributed by atoms with Crippen LogP contribution < -0.4 is 5.32 Å². The van der Waals surface area contributed by atoms with Crippen molar-refractivity contribution in [2.75, 3.05) is 0 Å². The largest absolute Gasteiger partial charge is 0.467 e. The van der Waals surface area contributed by atoms with Crippen molar-refractivity contribution in [1.82, 2.24) is 5.32 Å². The van der Waals surface area contributed by atoms with Crippen LogP contribution in [0.2, 0.25) is 0 Å². The lowest BCUT2D eigenvalue weighted by molar-refractivity contribution is -0.127. The van der Waals surface area contributed by atoms with E-state index in [0.29, 0.717) is 6.54 Å². The first-order valence-corrected chi connectivity index (χ1v) is 5.25. The third-order valence-corrected chi connectivity index (χ3v) is 2.83. The van der Waals surface area contributed by atoms with Gasteiger partial charge in [-0.25, -0.2) is 0 Å². The molecule has 0 radical (unpaired) electrons. The van der Waals surface area contributed by atoms with Crippen LogP contribution in [0.4, 0.5) is 0 Å². The Hall–Kier alpha value is -1.29. The van der Waals surface area contributed by atoms with Crippen molar-refractivity contribution < 1.29 is 14.3 Å². The SMILES string of the molecule is O=C(NCc1ccco1)C1CCCC1O. The molecule has 1 heterocycles. The Balaban J connectivity index is 1.82. The molecular formula is C11H15NO3. The Morgan fingerprint density at radius 3 is 3.07 bits per heavy atom. The molecule has 2 atom stereocenters. The maximum atomic E-state index is 11.6. The molecule has 0 aromatic carbocycles. The lowest BCUT2D eigenvalue weighted by Gasteiger charge is -2.13. The summed E-state index contributed by atoms with van der Waals surface area (Å²) in [5.41, 5.74) is 0. The number of hydrogen-bond donors (Lipinski definition) is 2. The van der Waals surface area contributed by atoms with E-state index in [9.17, 15) is 9.90 Å². The van der Waals surface area contributed by atoms with E-state index in [4.69, 9.17) is 4.42 Å². The number of carbonyl (C=O) groups excluding carboxylic acids is 1. The van der Waals surface area contributed by atoms with Gasteiger partial charge < -0.3 is 14.8 Å². The molecule has 0 saturated heterocycles. The van der Waals surface area contributed by atoms with Crippen molar-refractivity contribution in [3.05, 3.63) is 24.2 Å². The molecule has 1 fully saturated rings. The van der Waals surface area contributed by atoms with Gasteiger partial charge in [-0.15, -0.1) is 0 Å². The average molecular weight is 209 g/mol. The van der Waals surface area contributed by atoms with Crippen molar-refractivity contribution >= 4 is 5.91 Å². The van der Waals surface area contributed by atoms with Gasteiger partial charge in [-0.2, -0.15) is 0 Å². The number of aliphatic hydroxyl groups is 1. The van der Waals surface area contributed by atoms with Crippen LogP contribution in [0.1, 0.15) is 25.0 Å². The highest BCUT2D eigenvalue weighted by atomic mass is 16.3. The Labute approximate surface area is 88.3 Å². The minimum Gasteiger partial charge on any atom is -0.467 e. The highest BCUT2D eigenvalue weighted by Crippen LogP contribution is 2.25. The zero-order chi connectivity index (χ0) is 10.7. The van der Waals surface area contributed by atoms with E-state index in [2.05, 4.69) is 5.32 Å². The normalized spacial score (nSPS) is 25.4. The fourth-order valence-corrected chi connectivity index (χ4v) is 1.96. The molecule has 2 rings (SSSR count). The molecule has 82 valence electrons. The molecule has 1 aromatic heterocycles. The first-order valence-electron chi connectivity index (χ1n) is 5.25. The standard InChI is InChI=1S/C11H15NO3/c13-10-5-1-4-9(10)11(14)12-7-8-3-2-6-15-8/h2-3,6,9-10,13H,1,4-5,7H2,(H,12,14). The predicted octanol–water partition coefficient (Wildman–Crippen LogP) is 1.06. The van der Waals surface area contributed by atoms with E-state index >= 15 is 0 Å². The summed E-state index contributed by atoms with van der Waals surface area (Å²) >= 11 is 0. The van der Waals surface area contributed by atoms with Crippen LogP contribution in [-0.4, -0.2) is 17.1 Å². The van der Waals surface area contributed by atoms with E-state index < -0.39 is 6.10 Å². The summed E-state index contributed by atoms with van der Waals surface area (Å²) in [6, 6.07) is 3.59. The van der Waals surface area contributed by atoms with Gasteiger partial charge in [0.15, 0.2) is 0 Å². The van der Waals surface area contributed by atoms with Crippen LogP contribution in [0.3, 0.4) is 0 Å². The first kappa shape index (κ1) is 10.2. The third-order valence-electron chi connectivity index (χ3n) is 2.83. The average Bonchev–Trinajstić information content (AvgIpc) is 2.84. The molecule has 1 aromatic rings. The summed E-state index contributed by atoms with van der Waals surface area (Å²) in [6.45, 7) is 0.398. The van der Waals surface area contributed by atoms with Gasteiger partial charge in [0, 0.05) is 0 Å². The molecule has 0 aliphatic heterocycles. The van der Waals surface area contributed by atoms with Gasteiger partial charge >= 0.3 is 0 Å². The maximum absolute atomic E-state index is 11.6. The zero-order valence-corrected chi connectivity index (χ0v) is 8.48. The Morgan fingerprint density at radius 2 is 2.47 bits per heavy atom. The summed E-state index contributed by atoms with van der Waals surface area (Å²) in [5.74, 6) is 0.423. The van der Waals surface area contributed by atoms with Gasteiger partial charge in [-0.05, 0) is 31.4 Å². The number of nitrogens with one attached hydrogen (secondary N) is 1. The van der Waals surface area contributed by atoms with Gasteiger partial charge in [0.1, 0.15) is 5.76 Å². The van der Waals surface area contributed by atoms with Gasteiger partial charge in [0.05, 0.1) is 24.8 Å². The molecule has 1 saturated carbocycles. The lowest BCUT2D eigenvalue weighted by Crippen LogP contribution is -2.34. The van der Waals surface area contributed by atoms with Crippen molar-refractivity contribution in [2.45, 2.75) is 31.9 Å². The first-order chi connectivity index (χ1) is 7.27. The molecule has 1 aliphatic carbocycles. The van der Waals surface area contributed by atoms with E-state index in [-0.39, 0.29) is 11.8 Å². The summed E-state index contributed by atoms with van der Waals surface area (Å²) in [5, 5.41) is 12.3. The number of aliphatic hydroxyl groups excluding tert-OH is 1. The minimum absolute atomic E-state index is 0.0728. The summed E-state index contributed by atoms with van der Waals surface area (Å²) in [4.78, 5) is 11.6. The van der Waals surface area contributed by atoms with Crippen LogP contribution in [0.5, 0.6) is 0 Å². The predicted molar refractivity (Wildman–Crippen MR) is 53.9 cm³/mol. The second-order valence-corrected chi connectivity index (χ2v) is 3.90. The minimum atomic E-state index is -0.471. The molecule has 0 bridgehead atoms. The molecule has 4 heteroatoms. The molecule has 15 heavy (non-hydrogen) atoms. The Morgan fingerprint density at radius 1 is 1.60 bits per heavy atom. The monoisotopic (exact) mass is 209 g/mol. The van der Waals surface area contributed by atoms with Gasteiger partial charge in [0.2, 0.25) is 5.91 Å². The number of hydrogen-bond acceptors (Lipinski definition) is 3. The Bertz CT molecular complexity index is 321. The molecular weight excluding hydrogens is 194 g/mol. The summed E-state index contributed by atoms with van der Waals surface area (Å²) in [6.07, 6.45) is 3.55. The number of amides is 1. The highest BCUT2D eigenvalue weighted by Gasteiger charge is 2.31. The van der Waals surface area contributed by atoms with Crippen molar-refractivity contribution in [2.24, 2.45) is 5.92 Å². The molecule has 2 N–H and O–H groups in total. The zero-order valence-electron chi connectivity index (χ0n) is 8.48. The van der Waals surface area contributed by atoms with E-state index in [0.717, 1.165) is 25.0 Å². The number of carbonyl (C=O) groups is 1. The molecule has 4 nitrogen and oxygen atoms in total. The summed E-state index contributed by atoms with van der Waals surface area (Å²) in [7, 11) is 0. The molecule has 0 spiro atoms. The van der Waals surface area contributed by atoms with Gasteiger partial charge in [-0.3, -0.25) is 4.79 Å². The van der Waals surface area contributed by atoms with Crippen LogP contribution in [0.15, 0.2) is 22.8 Å². The van der Waals surface area contributed by atoms with Gasteiger partial charge in [0.25, 0.3) is 0 Å². The van der Waals surface area contributed by atoms with Crippen molar-refractivity contribution in [3.63, 3.8) is 0 Å². The molecule has 2 unspecified atom stereocenters. The van der Waals surface area contributed by atoms with Crippen LogP contribution in [0.25, 0.3) is 0 Å². The number of furan rings is 1. The van der Waals surface area contributed by atoms with E-state index in [1.807, 2.05) is 6.07 Å². The van der Waals surface area contributed by atoms with Gasteiger partial charge in [-0.1, -0.05) is 0 Å². The smallest absolute Gasteiger partial charge is 0.226 e. The van der Waals surface area contributed by atoms with Crippen LogP contribution in [0, 0.1) is 5.92 Å². The maximum Gasteiger partial charge on any atom is 0.226 e.